The number of nitrogens with zero attached hydrogens (tertiary/aromatic N) is 3. The highest BCUT2D eigenvalue weighted by molar-refractivity contribution is 7.89. The summed E-state index contributed by atoms with van der Waals surface area (Å²) in [4.78, 5) is 28.5. The third kappa shape index (κ3) is 4.50. The standard InChI is InChI=1S/C21H31N3O6S/c1-5-24(6-2)31(27,28)16-8-9-18-17(14-16)15(4)19(30-18)20(25)22-10-12-23(13-11-22)21(26)29-7-3/h8-9,14-15,19H,5-7,10-13H2,1-4H3. The summed E-state index contributed by atoms with van der Waals surface area (Å²) in [7, 11) is -3.59. The van der Waals surface area contributed by atoms with E-state index < -0.39 is 16.1 Å². The minimum atomic E-state index is -3.59. The van der Waals surface area contributed by atoms with Crippen molar-refractivity contribution in [2.24, 2.45) is 0 Å². The van der Waals surface area contributed by atoms with E-state index >= 15 is 0 Å². The van der Waals surface area contributed by atoms with Gasteiger partial charge in [-0.25, -0.2) is 13.2 Å². The number of hydrogen-bond acceptors (Lipinski definition) is 6. The van der Waals surface area contributed by atoms with Gasteiger partial charge in [-0.3, -0.25) is 4.79 Å². The van der Waals surface area contributed by atoms with Crippen molar-refractivity contribution in [3.05, 3.63) is 23.8 Å². The average molecular weight is 454 g/mol. The number of benzene rings is 1. The van der Waals surface area contributed by atoms with Crippen molar-refractivity contribution in [3.8, 4) is 5.75 Å². The summed E-state index contributed by atoms with van der Waals surface area (Å²) in [6.45, 7) is 9.95. The van der Waals surface area contributed by atoms with Crippen molar-refractivity contribution in [3.63, 3.8) is 0 Å². The van der Waals surface area contributed by atoms with Gasteiger partial charge in [-0.15, -0.1) is 0 Å². The Kier molecular flexibility index (Phi) is 7.10. The molecule has 1 fully saturated rings. The number of carbonyl (C=O) groups is 2. The van der Waals surface area contributed by atoms with Crippen LogP contribution in [0.4, 0.5) is 4.79 Å². The molecule has 2 amide bonds. The Labute approximate surface area is 183 Å². The summed E-state index contributed by atoms with van der Waals surface area (Å²) >= 11 is 0. The Balaban J connectivity index is 1.71. The summed E-state index contributed by atoms with van der Waals surface area (Å²) in [6, 6.07) is 4.79. The predicted molar refractivity (Wildman–Crippen MR) is 115 cm³/mol. The Morgan fingerprint density at radius 2 is 1.71 bits per heavy atom. The van der Waals surface area contributed by atoms with E-state index in [1.54, 1.807) is 42.7 Å². The maximum atomic E-state index is 13.1. The summed E-state index contributed by atoms with van der Waals surface area (Å²) in [5, 5.41) is 0. The predicted octanol–water partition coefficient (Wildman–Crippen LogP) is 1.88. The van der Waals surface area contributed by atoms with Crippen LogP contribution in [0.5, 0.6) is 5.75 Å². The van der Waals surface area contributed by atoms with E-state index in [0.29, 0.717) is 51.6 Å². The largest absolute Gasteiger partial charge is 0.480 e. The molecule has 2 aliphatic heterocycles. The first-order valence-corrected chi connectivity index (χ1v) is 12.2. The lowest BCUT2D eigenvalue weighted by Crippen LogP contribution is -2.54. The number of carbonyl (C=O) groups excluding carboxylic acids is 2. The number of sulfonamides is 1. The molecule has 0 bridgehead atoms. The Bertz CT molecular complexity index is 923. The van der Waals surface area contributed by atoms with Crippen LogP contribution >= 0.6 is 0 Å². The third-order valence-corrected chi connectivity index (χ3v) is 7.93. The molecule has 0 N–H and O–H groups in total. The van der Waals surface area contributed by atoms with E-state index in [0.717, 1.165) is 5.56 Å². The first kappa shape index (κ1) is 23.3. The van der Waals surface area contributed by atoms with Crippen molar-refractivity contribution < 1.29 is 27.5 Å². The molecular weight excluding hydrogens is 422 g/mol. The van der Waals surface area contributed by atoms with Gasteiger partial charge >= 0.3 is 6.09 Å². The zero-order valence-corrected chi connectivity index (χ0v) is 19.4. The minimum absolute atomic E-state index is 0.152. The molecule has 2 heterocycles. The molecule has 0 aliphatic carbocycles. The van der Waals surface area contributed by atoms with Crippen LogP contribution in [0.25, 0.3) is 0 Å². The van der Waals surface area contributed by atoms with E-state index in [1.165, 1.54) is 10.4 Å². The molecular formula is C21H31N3O6S. The molecule has 0 radical (unpaired) electrons. The van der Waals surface area contributed by atoms with Crippen LogP contribution in [-0.2, 0) is 19.6 Å². The van der Waals surface area contributed by atoms with Gasteiger partial charge in [-0.1, -0.05) is 20.8 Å². The van der Waals surface area contributed by atoms with E-state index in [9.17, 15) is 18.0 Å². The van der Waals surface area contributed by atoms with E-state index in [-0.39, 0.29) is 22.8 Å². The van der Waals surface area contributed by atoms with Gasteiger partial charge in [0.25, 0.3) is 5.91 Å². The smallest absolute Gasteiger partial charge is 0.409 e. The number of amides is 2. The number of fused-ring (bicyclic) bond motifs is 1. The highest BCUT2D eigenvalue weighted by Crippen LogP contribution is 2.40. The van der Waals surface area contributed by atoms with Crippen molar-refractivity contribution >= 4 is 22.0 Å². The number of ether oxygens (including phenoxy) is 2. The van der Waals surface area contributed by atoms with Crippen LogP contribution < -0.4 is 4.74 Å². The van der Waals surface area contributed by atoms with Crippen LogP contribution in [0.3, 0.4) is 0 Å². The number of rotatable bonds is 6. The Morgan fingerprint density at radius 1 is 1.10 bits per heavy atom. The molecule has 3 rings (SSSR count). The molecule has 172 valence electrons. The molecule has 2 aliphatic rings. The minimum Gasteiger partial charge on any atom is -0.480 e. The van der Waals surface area contributed by atoms with Gasteiger partial charge in [-0.2, -0.15) is 4.31 Å². The second-order valence-electron chi connectivity index (χ2n) is 7.63. The fourth-order valence-corrected chi connectivity index (χ4v) is 5.53. The monoisotopic (exact) mass is 453 g/mol. The summed E-state index contributed by atoms with van der Waals surface area (Å²) < 4.78 is 38.1. The highest BCUT2D eigenvalue weighted by atomic mass is 32.2. The van der Waals surface area contributed by atoms with E-state index in [4.69, 9.17) is 9.47 Å². The van der Waals surface area contributed by atoms with E-state index in [1.807, 2.05) is 6.92 Å². The normalized spacial score (nSPS) is 21.1. The molecule has 0 spiro atoms. The van der Waals surface area contributed by atoms with Gasteiger partial charge in [-0.05, 0) is 25.1 Å². The van der Waals surface area contributed by atoms with Gasteiger partial charge in [0.2, 0.25) is 10.0 Å². The fourth-order valence-electron chi connectivity index (χ4n) is 4.03. The second kappa shape index (κ2) is 9.44. The molecule has 1 saturated heterocycles. The fraction of sp³-hybridized carbons (Fsp3) is 0.619. The zero-order chi connectivity index (χ0) is 22.8. The maximum absolute atomic E-state index is 13.1. The first-order valence-electron chi connectivity index (χ1n) is 10.8. The lowest BCUT2D eigenvalue weighted by Gasteiger charge is -2.35. The third-order valence-electron chi connectivity index (χ3n) is 5.88. The number of hydrogen-bond donors (Lipinski definition) is 0. The first-order chi connectivity index (χ1) is 14.7. The number of piperazine rings is 1. The lowest BCUT2D eigenvalue weighted by molar-refractivity contribution is -0.140. The molecule has 0 saturated carbocycles. The van der Waals surface area contributed by atoms with Gasteiger partial charge in [0.1, 0.15) is 5.75 Å². The van der Waals surface area contributed by atoms with Crippen molar-refractivity contribution in [2.45, 2.75) is 44.6 Å². The molecule has 0 aromatic heterocycles. The quantitative estimate of drug-likeness (QED) is 0.653. The maximum Gasteiger partial charge on any atom is 0.409 e. The van der Waals surface area contributed by atoms with E-state index in [2.05, 4.69) is 0 Å². The molecule has 2 atom stereocenters. The van der Waals surface area contributed by atoms with Crippen LogP contribution in [-0.4, -0.2) is 86.5 Å². The van der Waals surface area contributed by atoms with Crippen molar-refractivity contribution in [1.29, 1.82) is 0 Å². The molecule has 9 nitrogen and oxygen atoms in total. The topological polar surface area (TPSA) is 96.5 Å². The molecule has 31 heavy (non-hydrogen) atoms. The summed E-state index contributed by atoms with van der Waals surface area (Å²) in [5.41, 5.74) is 0.719. The van der Waals surface area contributed by atoms with Crippen molar-refractivity contribution in [2.75, 3.05) is 45.9 Å². The lowest BCUT2D eigenvalue weighted by atomic mass is 9.96. The van der Waals surface area contributed by atoms with Crippen LogP contribution in [0.1, 0.15) is 39.2 Å². The van der Waals surface area contributed by atoms with Gasteiger partial charge < -0.3 is 19.3 Å². The van der Waals surface area contributed by atoms with Crippen LogP contribution in [0, 0.1) is 0 Å². The molecule has 1 aromatic rings. The average Bonchev–Trinajstić information content (AvgIpc) is 3.10. The van der Waals surface area contributed by atoms with Gasteiger partial charge in [0.15, 0.2) is 6.10 Å². The highest BCUT2D eigenvalue weighted by Gasteiger charge is 2.40. The van der Waals surface area contributed by atoms with Crippen LogP contribution in [0.15, 0.2) is 23.1 Å². The molecule has 2 unspecified atom stereocenters. The SMILES string of the molecule is CCOC(=O)N1CCN(C(=O)C2Oc3ccc(S(=O)(=O)N(CC)CC)cc3C2C)CC1. The zero-order valence-electron chi connectivity index (χ0n) is 18.5. The summed E-state index contributed by atoms with van der Waals surface area (Å²) in [5.74, 6) is 0.104. The van der Waals surface area contributed by atoms with Crippen molar-refractivity contribution in [1.82, 2.24) is 14.1 Å². The van der Waals surface area contributed by atoms with Crippen LogP contribution in [0.2, 0.25) is 0 Å². The molecule has 10 heteroatoms. The summed E-state index contributed by atoms with van der Waals surface area (Å²) in [6.07, 6.45) is -1.08. The van der Waals surface area contributed by atoms with Gasteiger partial charge in [0.05, 0.1) is 11.5 Å². The Hall–Kier alpha value is -2.33. The molecule has 1 aromatic carbocycles. The Morgan fingerprint density at radius 3 is 2.29 bits per heavy atom. The van der Waals surface area contributed by atoms with Gasteiger partial charge in [0, 0.05) is 50.7 Å². The second-order valence-corrected chi connectivity index (χ2v) is 9.57.